The van der Waals surface area contributed by atoms with Crippen molar-refractivity contribution in [3.8, 4) is 34.4 Å². The zero-order valence-electron chi connectivity index (χ0n) is 16.0. The summed E-state index contributed by atoms with van der Waals surface area (Å²) in [7, 11) is 3.11. The summed E-state index contributed by atoms with van der Waals surface area (Å²) in [5.74, 6) is 1.77. The van der Waals surface area contributed by atoms with Crippen LogP contribution in [0.3, 0.4) is 0 Å². The molecule has 0 saturated heterocycles. The summed E-state index contributed by atoms with van der Waals surface area (Å²) in [5, 5.41) is 16.8. The van der Waals surface area contributed by atoms with Gasteiger partial charge in [0, 0.05) is 11.6 Å². The lowest BCUT2D eigenvalue weighted by Gasteiger charge is -2.06. The van der Waals surface area contributed by atoms with Gasteiger partial charge in [-0.3, -0.25) is 5.10 Å². The Morgan fingerprint density at radius 3 is 2.57 bits per heavy atom. The van der Waals surface area contributed by atoms with Crippen molar-refractivity contribution in [1.82, 2.24) is 15.2 Å². The molecule has 2 aromatic carbocycles. The summed E-state index contributed by atoms with van der Waals surface area (Å²) in [6, 6.07) is 10.5. The molecular formula is C20H17N3O6S. The van der Waals surface area contributed by atoms with Crippen LogP contribution in [0, 0.1) is 0 Å². The van der Waals surface area contributed by atoms with Crippen LogP contribution in [0.5, 0.6) is 23.0 Å². The van der Waals surface area contributed by atoms with Gasteiger partial charge in [0.15, 0.2) is 17.3 Å². The number of ether oxygens (including phenoxy) is 4. The SMILES string of the molecule is COc1cc(OC)cc(-c2nc(S/C(=C\c3ccc4c(c3)OCO4)C(=O)O)n[nH]2)c1. The summed E-state index contributed by atoms with van der Waals surface area (Å²) in [6.45, 7) is 0.151. The van der Waals surface area contributed by atoms with Gasteiger partial charge in [-0.25, -0.2) is 9.78 Å². The lowest BCUT2D eigenvalue weighted by molar-refractivity contribution is -0.131. The Morgan fingerprint density at radius 1 is 1.13 bits per heavy atom. The second kappa shape index (κ2) is 8.37. The third kappa shape index (κ3) is 4.18. The lowest BCUT2D eigenvalue weighted by Crippen LogP contribution is -1.97. The molecule has 9 nitrogen and oxygen atoms in total. The molecule has 0 atom stereocenters. The first-order valence-corrected chi connectivity index (χ1v) is 9.55. The van der Waals surface area contributed by atoms with Crippen LogP contribution in [-0.2, 0) is 4.79 Å². The van der Waals surface area contributed by atoms with E-state index in [1.807, 2.05) is 0 Å². The molecule has 30 heavy (non-hydrogen) atoms. The number of thioether (sulfide) groups is 1. The van der Waals surface area contributed by atoms with E-state index in [2.05, 4.69) is 15.2 Å². The topological polar surface area (TPSA) is 116 Å². The maximum atomic E-state index is 11.7. The van der Waals surface area contributed by atoms with Gasteiger partial charge in [0.1, 0.15) is 16.4 Å². The average molecular weight is 427 g/mol. The molecule has 0 aliphatic carbocycles. The molecule has 0 spiro atoms. The van der Waals surface area contributed by atoms with Gasteiger partial charge in [0.2, 0.25) is 11.9 Å². The van der Waals surface area contributed by atoms with Crippen LogP contribution in [0.2, 0.25) is 0 Å². The van der Waals surface area contributed by atoms with Crippen molar-refractivity contribution in [2.45, 2.75) is 5.16 Å². The number of hydrogen-bond acceptors (Lipinski definition) is 8. The molecule has 0 unspecified atom stereocenters. The Labute approximate surface area is 175 Å². The Kier molecular flexibility index (Phi) is 5.48. The van der Waals surface area contributed by atoms with Gasteiger partial charge in [-0.2, -0.15) is 0 Å². The molecule has 10 heteroatoms. The number of carboxylic acid groups (broad SMARTS) is 1. The number of H-pyrrole nitrogens is 1. The maximum absolute atomic E-state index is 11.7. The number of aromatic amines is 1. The number of rotatable bonds is 7. The number of carboxylic acids is 1. The van der Waals surface area contributed by atoms with Gasteiger partial charge in [0.05, 0.1) is 14.2 Å². The monoisotopic (exact) mass is 427 g/mol. The van der Waals surface area contributed by atoms with Crippen LogP contribution in [-0.4, -0.2) is 47.3 Å². The van der Waals surface area contributed by atoms with E-state index in [1.165, 1.54) is 6.08 Å². The van der Waals surface area contributed by atoms with E-state index in [0.717, 1.165) is 11.8 Å². The van der Waals surface area contributed by atoms with Gasteiger partial charge in [-0.15, -0.1) is 5.10 Å². The van der Waals surface area contributed by atoms with Gasteiger partial charge < -0.3 is 24.1 Å². The van der Waals surface area contributed by atoms with Crippen molar-refractivity contribution < 1.29 is 28.8 Å². The van der Waals surface area contributed by atoms with Crippen LogP contribution >= 0.6 is 11.8 Å². The summed E-state index contributed by atoms with van der Waals surface area (Å²) in [4.78, 5) is 16.2. The molecule has 2 heterocycles. The molecule has 0 bridgehead atoms. The van der Waals surface area contributed by atoms with E-state index in [4.69, 9.17) is 18.9 Å². The highest BCUT2D eigenvalue weighted by Gasteiger charge is 2.17. The molecule has 4 rings (SSSR count). The molecule has 0 fully saturated rings. The van der Waals surface area contributed by atoms with E-state index in [9.17, 15) is 9.90 Å². The zero-order chi connectivity index (χ0) is 21.1. The van der Waals surface area contributed by atoms with E-state index in [0.29, 0.717) is 39.9 Å². The number of carbonyl (C=O) groups is 1. The third-order valence-corrected chi connectivity index (χ3v) is 5.07. The highest BCUT2D eigenvalue weighted by molar-refractivity contribution is 8.04. The minimum absolute atomic E-state index is 0.0580. The van der Waals surface area contributed by atoms with Crippen molar-refractivity contribution in [2.24, 2.45) is 0 Å². The highest BCUT2D eigenvalue weighted by atomic mass is 32.2. The Bertz CT molecular complexity index is 1110. The number of methoxy groups -OCH3 is 2. The lowest BCUT2D eigenvalue weighted by atomic mass is 10.2. The normalized spacial score (nSPS) is 12.7. The predicted molar refractivity (Wildman–Crippen MR) is 109 cm³/mol. The fourth-order valence-corrected chi connectivity index (χ4v) is 3.46. The molecule has 0 radical (unpaired) electrons. The molecule has 3 aromatic rings. The number of aromatic nitrogens is 3. The standard InChI is InChI=1S/C20H17N3O6S/c1-26-13-7-12(8-14(9-13)27-2)18-21-20(23-22-18)30-17(19(24)25)6-11-3-4-15-16(5-11)29-10-28-15/h3-9H,10H2,1-2H3,(H,24,25)(H,21,22,23)/b17-6-. The predicted octanol–water partition coefficient (Wildman–Crippen LogP) is 3.44. The molecule has 1 aliphatic heterocycles. The number of nitrogens with zero attached hydrogens (tertiary/aromatic N) is 2. The highest BCUT2D eigenvalue weighted by Crippen LogP contribution is 2.35. The number of fused-ring (bicyclic) bond motifs is 1. The van der Waals surface area contributed by atoms with Crippen molar-refractivity contribution >= 4 is 23.8 Å². The molecular weight excluding hydrogens is 410 g/mol. The second-order valence-electron chi connectivity index (χ2n) is 6.10. The van der Waals surface area contributed by atoms with Crippen molar-refractivity contribution in [1.29, 1.82) is 0 Å². The van der Waals surface area contributed by atoms with Gasteiger partial charge in [0.25, 0.3) is 0 Å². The number of aliphatic carboxylic acids is 1. The number of benzene rings is 2. The van der Waals surface area contributed by atoms with Crippen LogP contribution in [0.15, 0.2) is 46.5 Å². The van der Waals surface area contributed by atoms with Crippen LogP contribution < -0.4 is 18.9 Å². The second-order valence-corrected chi connectivity index (χ2v) is 7.11. The van der Waals surface area contributed by atoms with Crippen LogP contribution in [0.1, 0.15) is 5.56 Å². The Hall–Kier alpha value is -3.66. The number of nitrogens with one attached hydrogen (secondary N) is 1. The molecule has 154 valence electrons. The Morgan fingerprint density at radius 2 is 1.87 bits per heavy atom. The first-order chi connectivity index (χ1) is 14.6. The van der Waals surface area contributed by atoms with E-state index < -0.39 is 5.97 Å². The maximum Gasteiger partial charge on any atom is 0.342 e. The quantitative estimate of drug-likeness (QED) is 0.432. The van der Waals surface area contributed by atoms with E-state index >= 15 is 0 Å². The number of hydrogen-bond donors (Lipinski definition) is 2. The zero-order valence-corrected chi connectivity index (χ0v) is 16.9. The molecule has 1 aromatic heterocycles. The average Bonchev–Trinajstić information content (AvgIpc) is 3.41. The molecule has 0 saturated carbocycles. The summed E-state index contributed by atoms with van der Waals surface area (Å²) in [6.07, 6.45) is 1.53. The summed E-state index contributed by atoms with van der Waals surface area (Å²) in [5.41, 5.74) is 1.36. The van der Waals surface area contributed by atoms with Crippen molar-refractivity contribution in [3.63, 3.8) is 0 Å². The third-order valence-electron chi connectivity index (χ3n) is 4.20. The minimum atomic E-state index is -1.09. The van der Waals surface area contributed by atoms with Crippen LogP contribution in [0.4, 0.5) is 0 Å². The smallest absolute Gasteiger partial charge is 0.342 e. The molecule has 2 N–H and O–H groups in total. The molecule has 0 amide bonds. The van der Waals surface area contributed by atoms with Gasteiger partial charge >= 0.3 is 5.97 Å². The van der Waals surface area contributed by atoms with Crippen molar-refractivity contribution in [2.75, 3.05) is 21.0 Å². The molecule has 1 aliphatic rings. The first kappa shape index (κ1) is 19.6. The van der Waals surface area contributed by atoms with Gasteiger partial charge in [-0.05, 0) is 47.7 Å². The Balaban J connectivity index is 1.59. The van der Waals surface area contributed by atoms with Gasteiger partial charge in [-0.1, -0.05) is 6.07 Å². The summed E-state index contributed by atoms with van der Waals surface area (Å²) >= 11 is 0.934. The largest absolute Gasteiger partial charge is 0.497 e. The minimum Gasteiger partial charge on any atom is -0.497 e. The summed E-state index contributed by atoms with van der Waals surface area (Å²) < 4.78 is 21.1. The first-order valence-electron chi connectivity index (χ1n) is 8.74. The van der Waals surface area contributed by atoms with Crippen molar-refractivity contribution in [3.05, 3.63) is 46.9 Å². The van der Waals surface area contributed by atoms with E-state index in [-0.39, 0.29) is 16.9 Å². The fraction of sp³-hybridized carbons (Fsp3) is 0.150. The van der Waals surface area contributed by atoms with E-state index in [1.54, 1.807) is 50.6 Å². The fourth-order valence-electron chi connectivity index (χ4n) is 2.75. The van der Waals surface area contributed by atoms with Crippen LogP contribution in [0.25, 0.3) is 17.5 Å².